The molecule has 0 atom stereocenters. The van der Waals surface area contributed by atoms with E-state index in [1.807, 2.05) is 0 Å². The predicted molar refractivity (Wildman–Crippen MR) is 109 cm³/mol. The lowest BCUT2D eigenvalue weighted by atomic mass is 10.1. The van der Waals surface area contributed by atoms with Gasteiger partial charge >= 0.3 is 6.09 Å². The van der Waals surface area contributed by atoms with Crippen LogP contribution in [0.3, 0.4) is 0 Å². The van der Waals surface area contributed by atoms with E-state index in [9.17, 15) is 9.59 Å². The zero-order chi connectivity index (χ0) is 20.5. The molecule has 0 spiro atoms. The van der Waals surface area contributed by atoms with Crippen LogP contribution in [0.25, 0.3) is 0 Å². The van der Waals surface area contributed by atoms with Crippen molar-refractivity contribution < 1.29 is 19.1 Å². The number of carbonyl (C=O) groups is 2. The maximum absolute atomic E-state index is 12.3. The van der Waals surface area contributed by atoms with E-state index in [1.54, 1.807) is 11.8 Å². The first kappa shape index (κ1) is 21.5. The van der Waals surface area contributed by atoms with Gasteiger partial charge in [-0.05, 0) is 18.1 Å². The summed E-state index contributed by atoms with van der Waals surface area (Å²) >= 11 is 0. The maximum Gasteiger partial charge on any atom is 0.409 e. The summed E-state index contributed by atoms with van der Waals surface area (Å²) in [6.07, 6.45) is -0.270. The Morgan fingerprint density at radius 3 is 2.28 bits per heavy atom. The quantitative estimate of drug-likeness (QED) is 0.728. The largest absolute Gasteiger partial charge is 0.450 e. The zero-order valence-electron chi connectivity index (χ0n) is 17.3. The molecule has 2 saturated heterocycles. The molecule has 160 valence electrons. The van der Waals surface area contributed by atoms with Crippen LogP contribution in [0.4, 0.5) is 4.79 Å². The van der Waals surface area contributed by atoms with Gasteiger partial charge in [-0.25, -0.2) is 4.79 Å². The van der Waals surface area contributed by atoms with Gasteiger partial charge < -0.3 is 19.7 Å². The van der Waals surface area contributed by atoms with Crippen LogP contribution in [-0.2, 0) is 27.4 Å². The lowest BCUT2D eigenvalue weighted by molar-refractivity contribution is -0.122. The molecule has 0 bridgehead atoms. The highest BCUT2D eigenvalue weighted by Crippen LogP contribution is 2.09. The molecule has 3 rings (SSSR count). The SMILES string of the molecule is CCOC(=O)N1CCN(CC(=O)NCc2ccc(CN3CCOCC3)cc2)CC1. The van der Waals surface area contributed by atoms with Crippen LogP contribution in [-0.4, -0.2) is 92.3 Å². The molecule has 2 aliphatic rings. The Labute approximate surface area is 172 Å². The van der Waals surface area contributed by atoms with Crippen molar-refractivity contribution in [3.05, 3.63) is 35.4 Å². The molecule has 29 heavy (non-hydrogen) atoms. The summed E-state index contributed by atoms with van der Waals surface area (Å²) in [4.78, 5) is 30.1. The van der Waals surface area contributed by atoms with Crippen LogP contribution < -0.4 is 5.32 Å². The standard InChI is InChI=1S/C21H32N4O4/c1-2-29-21(27)25-9-7-23(8-10-25)17-20(26)22-15-18-3-5-19(6-4-18)16-24-11-13-28-14-12-24/h3-6H,2,7-17H2,1H3,(H,22,26). The fourth-order valence-electron chi connectivity index (χ4n) is 3.54. The first-order chi connectivity index (χ1) is 14.1. The monoisotopic (exact) mass is 404 g/mol. The van der Waals surface area contributed by atoms with E-state index < -0.39 is 0 Å². The minimum atomic E-state index is -0.270. The topological polar surface area (TPSA) is 74.4 Å². The first-order valence-electron chi connectivity index (χ1n) is 10.4. The van der Waals surface area contributed by atoms with Crippen molar-refractivity contribution >= 4 is 12.0 Å². The van der Waals surface area contributed by atoms with Crippen molar-refractivity contribution in [3.8, 4) is 0 Å². The Morgan fingerprint density at radius 2 is 1.62 bits per heavy atom. The number of rotatable bonds is 7. The molecule has 2 aliphatic heterocycles. The second-order valence-electron chi connectivity index (χ2n) is 7.44. The summed E-state index contributed by atoms with van der Waals surface area (Å²) in [6, 6.07) is 8.42. The van der Waals surface area contributed by atoms with Gasteiger partial charge in [0.25, 0.3) is 0 Å². The molecule has 0 aliphatic carbocycles. The van der Waals surface area contributed by atoms with Crippen molar-refractivity contribution in [2.75, 3.05) is 65.6 Å². The summed E-state index contributed by atoms with van der Waals surface area (Å²) in [5.74, 6) is 0.00646. The van der Waals surface area contributed by atoms with Gasteiger partial charge in [-0.1, -0.05) is 24.3 Å². The Hall–Kier alpha value is -2.16. The van der Waals surface area contributed by atoms with Gasteiger partial charge in [-0.2, -0.15) is 0 Å². The van der Waals surface area contributed by atoms with Crippen molar-refractivity contribution in [1.29, 1.82) is 0 Å². The summed E-state index contributed by atoms with van der Waals surface area (Å²) in [6.45, 7) is 10.1. The molecule has 2 fully saturated rings. The highest BCUT2D eigenvalue weighted by Gasteiger charge is 2.23. The zero-order valence-corrected chi connectivity index (χ0v) is 17.3. The predicted octanol–water partition coefficient (Wildman–Crippen LogP) is 0.909. The lowest BCUT2D eigenvalue weighted by Crippen LogP contribution is -2.51. The molecular weight excluding hydrogens is 372 g/mol. The fraction of sp³-hybridized carbons (Fsp3) is 0.619. The van der Waals surface area contributed by atoms with Crippen LogP contribution >= 0.6 is 0 Å². The summed E-state index contributed by atoms with van der Waals surface area (Å²) in [5, 5.41) is 2.99. The van der Waals surface area contributed by atoms with Gasteiger partial charge in [-0.3, -0.25) is 14.6 Å². The highest BCUT2D eigenvalue weighted by molar-refractivity contribution is 5.78. The van der Waals surface area contributed by atoms with E-state index >= 15 is 0 Å². The molecule has 0 radical (unpaired) electrons. The molecular formula is C21H32N4O4. The van der Waals surface area contributed by atoms with E-state index in [2.05, 4.69) is 39.4 Å². The van der Waals surface area contributed by atoms with Gasteiger partial charge in [0.2, 0.25) is 5.91 Å². The molecule has 1 aromatic rings. The van der Waals surface area contributed by atoms with Crippen molar-refractivity contribution in [2.24, 2.45) is 0 Å². The molecule has 0 unspecified atom stereocenters. The molecule has 0 aromatic heterocycles. The number of hydrogen-bond donors (Lipinski definition) is 1. The highest BCUT2D eigenvalue weighted by atomic mass is 16.6. The number of nitrogens with zero attached hydrogens (tertiary/aromatic N) is 3. The van der Waals surface area contributed by atoms with Crippen molar-refractivity contribution in [2.45, 2.75) is 20.0 Å². The van der Waals surface area contributed by atoms with Crippen LogP contribution in [0.15, 0.2) is 24.3 Å². The summed E-state index contributed by atoms with van der Waals surface area (Å²) in [5.41, 5.74) is 2.37. The van der Waals surface area contributed by atoms with Crippen molar-refractivity contribution in [3.63, 3.8) is 0 Å². The number of morpholine rings is 1. The molecule has 2 amide bonds. The third-order valence-electron chi connectivity index (χ3n) is 5.29. The van der Waals surface area contributed by atoms with Gasteiger partial charge in [0.15, 0.2) is 0 Å². The van der Waals surface area contributed by atoms with Gasteiger partial charge in [0, 0.05) is 52.4 Å². The number of benzene rings is 1. The second kappa shape index (κ2) is 11.1. The van der Waals surface area contributed by atoms with E-state index in [4.69, 9.17) is 9.47 Å². The third-order valence-corrected chi connectivity index (χ3v) is 5.29. The van der Waals surface area contributed by atoms with E-state index in [-0.39, 0.29) is 12.0 Å². The molecule has 1 aromatic carbocycles. The number of piperazine rings is 1. The van der Waals surface area contributed by atoms with Gasteiger partial charge in [0.1, 0.15) is 0 Å². The van der Waals surface area contributed by atoms with Crippen LogP contribution in [0.5, 0.6) is 0 Å². The minimum Gasteiger partial charge on any atom is -0.450 e. The Bertz CT molecular complexity index is 653. The van der Waals surface area contributed by atoms with Crippen LogP contribution in [0.2, 0.25) is 0 Å². The van der Waals surface area contributed by atoms with Crippen LogP contribution in [0.1, 0.15) is 18.1 Å². The van der Waals surface area contributed by atoms with E-state index in [1.165, 1.54) is 5.56 Å². The first-order valence-corrected chi connectivity index (χ1v) is 10.4. The van der Waals surface area contributed by atoms with Gasteiger partial charge in [0.05, 0.1) is 26.4 Å². The number of carbonyl (C=O) groups excluding carboxylic acids is 2. The van der Waals surface area contributed by atoms with Crippen molar-refractivity contribution in [1.82, 2.24) is 20.0 Å². The normalized spacial score (nSPS) is 18.4. The molecule has 1 N–H and O–H groups in total. The second-order valence-corrected chi connectivity index (χ2v) is 7.44. The Balaban J connectivity index is 1.34. The summed E-state index contributed by atoms with van der Waals surface area (Å²) in [7, 11) is 0. The Morgan fingerprint density at radius 1 is 0.966 bits per heavy atom. The lowest BCUT2D eigenvalue weighted by Gasteiger charge is -2.33. The van der Waals surface area contributed by atoms with E-state index in [0.717, 1.165) is 38.4 Å². The summed E-state index contributed by atoms with van der Waals surface area (Å²) < 4.78 is 10.4. The number of ether oxygens (including phenoxy) is 2. The average Bonchev–Trinajstić information content (AvgIpc) is 2.75. The van der Waals surface area contributed by atoms with E-state index in [0.29, 0.717) is 45.9 Å². The third kappa shape index (κ3) is 6.99. The average molecular weight is 405 g/mol. The molecule has 8 nitrogen and oxygen atoms in total. The number of nitrogens with one attached hydrogen (secondary N) is 1. The molecule has 8 heteroatoms. The Kier molecular flexibility index (Phi) is 8.27. The number of hydrogen-bond acceptors (Lipinski definition) is 6. The number of amides is 2. The molecule has 2 heterocycles. The molecule has 0 saturated carbocycles. The maximum atomic E-state index is 12.3. The smallest absolute Gasteiger partial charge is 0.409 e. The van der Waals surface area contributed by atoms with Gasteiger partial charge in [-0.15, -0.1) is 0 Å². The van der Waals surface area contributed by atoms with Crippen LogP contribution in [0, 0.1) is 0 Å². The fourth-order valence-corrected chi connectivity index (χ4v) is 3.54. The minimum absolute atomic E-state index is 0.00646.